The summed E-state index contributed by atoms with van der Waals surface area (Å²) in [7, 11) is 0. The van der Waals surface area contributed by atoms with Gasteiger partial charge in [-0.05, 0) is 31.0 Å². The molecule has 2 rings (SSSR count). The summed E-state index contributed by atoms with van der Waals surface area (Å²) in [5.74, 6) is 0.320. The molecule has 140 valence electrons. The third-order valence-electron chi connectivity index (χ3n) is 3.76. The fourth-order valence-corrected chi connectivity index (χ4v) is 2.34. The molecule has 0 fully saturated rings. The SMILES string of the molecule is CCOC(=O)CCc1ccc(OCC(=O)c2ccccccccc2)cc1. The van der Waals surface area contributed by atoms with Gasteiger partial charge in [-0.1, -0.05) is 66.7 Å². The van der Waals surface area contributed by atoms with Crippen molar-refractivity contribution < 1.29 is 19.1 Å². The van der Waals surface area contributed by atoms with Crippen LogP contribution in [0.3, 0.4) is 0 Å². The average molecular weight is 364 g/mol. The van der Waals surface area contributed by atoms with Crippen LogP contribution in [0.25, 0.3) is 0 Å². The first-order chi connectivity index (χ1) is 13.2. The van der Waals surface area contributed by atoms with Crippen molar-refractivity contribution in [1.82, 2.24) is 0 Å². The molecule has 0 aromatic heterocycles. The maximum Gasteiger partial charge on any atom is 0.306 e. The van der Waals surface area contributed by atoms with Crippen LogP contribution in [0.5, 0.6) is 5.75 Å². The zero-order valence-electron chi connectivity index (χ0n) is 15.5. The topological polar surface area (TPSA) is 52.6 Å². The highest BCUT2D eigenvalue weighted by atomic mass is 16.5. The van der Waals surface area contributed by atoms with E-state index in [1.165, 1.54) is 0 Å². The van der Waals surface area contributed by atoms with Crippen LogP contribution < -0.4 is 4.74 Å². The van der Waals surface area contributed by atoms with Crippen molar-refractivity contribution in [1.29, 1.82) is 0 Å². The van der Waals surface area contributed by atoms with Crippen molar-refractivity contribution in [3.8, 4) is 5.75 Å². The molecular formula is C23H24O4. The van der Waals surface area contributed by atoms with E-state index in [9.17, 15) is 9.59 Å². The lowest BCUT2D eigenvalue weighted by molar-refractivity contribution is -0.143. The quantitative estimate of drug-likeness (QED) is 0.509. The standard InChI is InChI=1S/C23H24O4/c1-2-26-23(25)17-14-19-12-15-21(16-13-19)27-18-22(24)20-10-8-6-4-3-5-7-9-11-20/h3-13,15-16H,2,14,17-18H2,1H3. The average Bonchev–Trinajstić information content (AvgIpc) is 2.69. The number of hydrogen-bond acceptors (Lipinski definition) is 4. The van der Waals surface area contributed by atoms with Crippen LogP contribution in [-0.4, -0.2) is 25.0 Å². The van der Waals surface area contributed by atoms with Gasteiger partial charge in [0.25, 0.3) is 0 Å². The van der Waals surface area contributed by atoms with Gasteiger partial charge in [-0.25, -0.2) is 0 Å². The molecule has 27 heavy (non-hydrogen) atoms. The van der Waals surface area contributed by atoms with Crippen LogP contribution in [0.2, 0.25) is 0 Å². The van der Waals surface area contributed by atoms with Crippen molar-refractivity contribution >= 4 is 11.8 Å². The van der Waals surface area contributed by atoms with Gasteiger partial charge in [0.05, 0.1) is 6.61 Å². The molecule has 0 saturated heterocycles. The van der Waals surface area contributed by atoms with Gasteiger partial charge in [0.15, 0.2) is 12.4 Å². The normalized spacial score (nSPS) is 9.81. The Morgan fingerprint density at radius 1 is 0.815 bits per heavy atom. The number of ether oxygens (including phenoxy) is 2. The Morgan fingerprint density at radius 2 is 1.41 bits per heavy atom. The van der Waals surface area contributed by atoms with Gasteiger partial charge in [-0.15, -0.1) is 0 Å². The molecule has 2 aromatic rings. The number of ketones is 1. The second-order valence-corrected chi connectivity index (χ2v) is 5.80. The van der Waals surface area contributed by atoms with Crippen LogP contribution in [0.1, 0.15) is 29.3 Å². The van der Waals surface area contributed by atoms with E-state index in [1.54, 1.807) is 31.2 Å². The zero-order chi connectivity index (χ0) is 19.3. The highest BCUT2D eigenvalue weighted by Gasteiger charge is 2.06. The van der Waals surface area contributed by atoms with Crippen LogP contribution in [-0.2, 0) is 16.0 Å². The number of carbonyl (C=O) groups is 2. The van der Waals surface area contributed by atoms with Crippen molar-refractivity contribution in [2.75, 3.05) is 13.2 Å². The molecule has 2 aromatic carbocycles. The molecule has 0 unspecified atom stereocenters. The number of Topliss-reactive ketones (excluding diaryl/α,β-unsaturated/α-hetero) is 1. The molecule has 0 aliphatic rings. The molecule has 0 aliphatic heterocycles. The monoisotopic (exact) mass is 364 g/mol. The number of hydrogen-bond donors (Lipinski definition) is 0. The molecule has 0 radical (unpaired) electrons. The molecule has 4 nitrogen and oxygen atoms in total. The minimum atomic E-state index is -0.199. The first kappa shape index (κ1) is 20.2. The summed E-state index contributed by atoms with van der Waals surface area (Å²) in [5.41, 5.74) is 1.60. The summed E-state index contributed by atoms with van der Waals surface area (Å²) in [6.07, 6.45) is 0.966. The van der Waals surface area contributed by atoms with Crippen LogP contribution in [0.15, 0.2) is 78.9 Å². The Bertz CT molecular complexity index is 770. The summed E-state index contributed by atoms with van der Waals surface area (Å²) in [6.45, 7) is 2.15. The van der Waals surface area contributed by atoms with E-state index in [2.05, 4.69) is 0 Å². The molecule has 0 spiro atoms. The fraction of sp³-hybridized carbons (Fsp3) is 0.217. The zero-order valence-corrected chi connectivity index (χ0v) is 15.5. The molecular weight excluding hydrogens is 340 g/mol. The molecule has 0 heterocycles. The Hall–Kier alpha value is -3.14. The largest absolute Gasteiger partial charge is 0.485 e. The van der Waals surface area contributed by atoms with E-state index in [0.29, 0.717) is 30.8 Å². The lowest BCUT2D eigenvalue weighted by Crippen LogP contribution is -2.11. The minimum Gasteiger partial charge on any atom is -0.485 e. The molecule has 0 saturated carbocycles. The third-order valence-corrected chi connectivity index (χ3v) is 3.76. The smallest absolute Gasteiger partial charge is 0.306 e. The van der Waals surface area contributed by atoms with Crippen molar-refractivity contribution in [3.05, 3.63) is 90.0 Å². The first-order valence-electron chi connectivity index (χ1n) is 8.98. The first-order valence-corrected chi connectivity index (χ1v) is 8.98. The maximum atomic E-state index is 12.4. The second kappa shape index (κ2) is 11.5. The van der Waals surface area contributed by atoms with Gasteiger partial charge in [0.2, 0.25) is 0 Å². The van der Waals surface area contributed by atoms with E-state index in [0.717, 1.165) is 5.56 Å². The lowest BCUT2D eigenvalue weighted by Gasteiger charge is -2.07. The number of carbonyl (C=O) groups excluding carboxylic acids is 2. The van der Waals surface area contributed by atoms with E-state index < -0.39 is 0 Å². The second-order valence-electron chi connectivity index (χ2n) is 5.80. The summed E-state index contributed by atoms with van der Waals surface area (Å²) in [5, 5.41) is 0. The Balaban J connectivity index is 1.91. The van der Waals surface area contributed by atoms with Crippen molar-refractivity contribution in [2.24, 2.45) is 0 Å². The van der Waals surface area contributed by atoms with Crippen molar-refractivity contribution in [2.45, 2.75) is 19.8 Å². The Labute approximate surface area is 160 Å². The summed E-state index contributed by atoms with van der Waals surface area (Å²) in [6, 6.07) is 24.0. The van der Waals surface area contributed by atoms with Gasteiger partial charge in [0, 0.05) is 12.0 Å². The summed E-state index contributed by atoms with van der Waals surface area (Å²) in [4.78, 5) is 23.8. The van der Waals surface area contributed by atoms with Gasteiger partial charge in [-0.2, -0.15) is 0 Å². The summed E-state index contributed by atoms with van der Waals surface area (Å²) >= 11 is 0. The molecule has 0 bridgehead atoms. The number of aryl methyl sites for hydroxylation is 1. The third kappa shape index (κ3) is 7.74. The van der Waals surface area contributed by atoms with Crippen LogP contribution in [0.4, 0.5) is 0 Å². The highest BCUT2D eigenvalue weighted by molar-refractivity contribution is 5.97. The van der Waals surface area contributed by atoms with Crippen LogP contribution >= 0.6 is 0 Å². The van der Waals surface area contributed by atoms with Crippen molar-refractivity contribution in [3.63, 3.8) is 0 Å². The molecule has 0 atom stereocenters. The molecule has 4 heteroatoms. The Kier molecular flexibility index (Phi) is 8.57. The number of benzene rings is 1. The van der Waals surface area contributed by atoms with E-state index >= 15 is 0 Å². The van der Waals surface area contributed by atoms with Crippen LogP contribution in [0, 0.1) is 0 Å². The number of rotatable bonds is 8. The molecule has 0 aliphatic carbocycles. The fourth-order valence-electron chi connectivity index (χ4n) is 2.34. The maximum absolute atomic E-state index is 12.4. The highest BCUT2D eigenvalue weighted by Crippen LogP contribution is 2.14. The predicted octanol–water partition coefficient (Wildman–Crippen LogP) is 4.57. The van der Waals surface area contributed by atoms with Gasteiger partial charge in [-0.3, -0.25) is 9.59 Å². The minimum absolute atomic E-state index is 0.0360. The van der Waals surface area contributed by atoms with Gasteiger partial charge >= 0.3 is 5.97 Å². The predicted molar refractivity (Wildman–Crippen MR) is 105 cm³/mol. The number of esters is 1. The van der Waals surface area contributed by atoms with E-state index in [4.69, 9.17) is 9.47 Å². The lowest BCUT2D eigenvalue weighted by atomic mass is 10.1. The van der Waals surface area contributed by atoms with E-state index in [-0.39, 0.29) is 18.4 Å². The molecule has 0 amide bonds. The van der Waals surface area contributed by atoms with Gasteiger partial charge in [0.1, 0.15) is 5.75 Å². The Morgan fingerprint density at radius 3 is 2.00 bits per heavy atom. The van der Waals surface area contributed by atoms with Gasteiger partial charge < -0.3 is 9.47 Å². The van der Waals surface area contributed by atoms with E-state index in [1.807, 2.05) is 54.6 Å². The summed E-state index contributed by atoms with van der Waals surface area (Å²) < 4.78 is 10.5. The molecule has 0 N–H and O–H groups in total.